The highest BCUT2D eigenvalue weighted by atomic mass is 79.9. The number of imidazole rings is 1. The standard InChI is InChI=1S/C11H11BrClN3/c1-16-9(6-14)15-10(11(16)13)7-2-4-8(12)5-3-7/h2-5H,6,14H2,1H3. The van der Waals surface area contributed by atoms with Crippen LogP contribution in [0.5, 0.6) is 0 Å². The molecule has 0 unspecified atom stereocenters. The molecule has 0 atom stereocenters. The van der Waals surface area contributed by atoms with E-state index in [0.29, 0.717) is 11.7 Å². The predicted molar refractivity (Wildman–Crippen MR) is 69.2 cm³/mol. The summed E-state index contributed by atoms with van der Waals surface area (Å²) in [4.78, 5) is 4.42. The Balaban J connectivity index is 2.52. The van der Waals surface area contributed by atoms with Crippen LogP contribution < -0.4 is 5.73 Å². The number of halogens is 2. The van der Waals surface area contributed by atoms with E-state index in [2.05, 4.69) is 20.9 Å². The van der Waals surface area contributed by atoms with Gasteiger partial charge >= 0.3 is 0 Å². The molecule has 16 heavy (non-hydrogen) atoms. The molecule has 2 rings (SSSR count). The Hall–Kier alpha value is -0.840. The molecule has 1 aromatic carbocycles. The smallest absolute Gasteiger partial charge is 0.136 e. The second-order valence-electron chi connectivity index (χ2n) is 3.44. The summed E-state index contributed by atoms with van der Waals surface area (Å²) in [5, 5.41) is 0.614. The molecule has 0 fully saturated rings. The largest absolute Gasteiger partial charge is 0.324 e. The summed E-state index contributed by atoms with van der Waals surface area (Å²) >= 11 is 9.59. The number of nitrogens with zero attached hydrogens (tertiary/aromatic N) is 2. The van der Waals surface area contributed by atoms with Gasteiger partial charge in [0, 0.05) is 17.1 Å². The van der Waals surface area contributed by atoms with E-state index in [1.165, 1.54) is 0 Å². The van der Waals surface area contributed by atoms with Gasteiger partial charge in [-0.15, -0.1) is 0 Å². The minimum absolute atomic E-state index is 0.382. The molecule has 0 aliphatic carbocycles. The molecule has 0 aliphatic rings. The predicted octanol–water partition coefficient (Wildman–Crippen LogP) is 2.96. The van der Waals surface area contributed by atoms with E-state index in [0.717, 1.165) is 21.6 Å². The number of rotatable bonds is 2. The van der Waals surface area contributed by atoms with E-state index in [-0.39, 0.29) is 0 Å². The summed E-state index contributed by atoms with van der Waals surface area (Å²) < 4.78 is 2.83. The zero-order chi connectivity index (χ0) is 11.7. The van der Waals surface area contributed by atoms with Crippen LogP contribution in [0.3, 0.4) is 0 Å². The minimum Gasteiger partial charge on any atom is -0.324 e. The molecule has 0 aliphatic heterocycles. The molecule has 0 amide bonds. The molecule has 1 aromatic heterocycles. The molecule has 0 saturated carbocycles. The van der Waals surface area contributed by atoms with Crippen LogP contribution in [0.4, 0.5) is 0 Å². The van der Waals surface area contributed by atoms with Crippen LogP contribution in [-0.4, -0.2) is 9.55 Å². The molecule has 2 aromatic rings. The summed E-state index contributed by atoms with van der Waals surface area (Å²) in [5.41, 5.74) is 7.35. The molecular formula is C11H11BrClN3. The Morgan fingerprint density at radius 2 is 2.00 bits per heavy atom. The van der Waals surface area contributed by atoms with Gasteiger partial charge in [0.05, 0.1) is 6.54 Å². The molecule has 0 spiro atoms. The zero-order valence-electron chi connectivity index (χ0n) is 8.74. The lowest BCUT2D eigenvalue weighted by atomic mass is 10.2. The first kappa shape index (κ1) is 11.6. The molecule has 84 valence electrons. The third kappa shape index (κ3) is 2.00. The van der Waals surface area contributed by atoms with Gasteiger partial charge in [-0.05, 0) is 12.1 Å². The summed E-state index contributed by atoms with van der Waals surface area (Å²) in [5.74, 6) is 0.780. The van der Waals surface area contributed by atoms with Crippen molar-refractivity contribution in [3.8, 4) is 11.3 Å². The zero-order valence-corrected chi connectivity index (χ0v) is 11.1. The number of aromatic nitrogens is 2. The second-order valence-corrected chi connectivity index (χ2v) is 4.71. The van der Waals surface area contributed by atoms with E-state index in [9.17, 15) is 0 Å². The van der Waals surface area contributed by atoms with Crippen LogP contribution in [0.2, 0.25) is 5.15 Å². The lowest BCUT2D eigenvalue weighted by Gasteiger charge is -1.99. The lowest BCUT2D eigenvalue weighted by molar-refractivity contribution is 0.794. The van der Waals surface area contributed by atoms with Crippen molar-refractivity contribution in [2.24, 2.45) is 12.8 Å². The fourth-order valence-corrected chi connectivity index (χ4v) is 2.01. The van der Waals surface area contributed by atoms with Crippen LogP contribution in [0, 0.1) is 0 Å². The average Bonchev–Trinajstić information content (AvgIpc) is 2.57. The van der Waals surface area contributed by atoms with Crippen LogP contribution in [0.15, 0.2) is 28.7 Å². The third-order valence-electron chi connectivity index (χ3n) is 2.42. The summed E-state index contributed by atoms with van der Waals surface area (Å²) in [6, 6.07) is 7.86. The van der Waals surface area contributed by atoms with Crippen molar-refractivity contribution in [3.63, 3.8) is 0 Å². The van der Waals surface area contributed by atoms with Crippen LogP contribution in [-0.2, 0) is 13.6 Å². The van der Waals surface area contributed by atoms with Gasteiger partial charge in [0.25, 0.3) is 0 Å². The van der Waals surface area contributed by atoms with Crippen molar-refractivity contribution in [3.05, 3.63) is 39.7 Å². The summed E-state index contributed by atoms with van der Waals surface area (Å²) in [6.45, 7) is 0.382. The van der Waals surface area contributed by atoms with Crippen molar-refractivity contribution in [1.29, 1.82) is 0 Å². The Bertz CT molecular complexity index is 505. The van der Waals surface area contributed by atoms with Gasteiger partial charge in [0.2, 0.25) is 0 Å². The van der Waals surface area contributed by atoms with Crippen molar-refractivity contribution < 1.29 is 0 Å². The molecule has 0 saturated heterocycles. The van der Waals surface area contributed by atoms with E-state index in [1.807, 2.05) is 31.3 Å². The fourth-order valence-electron chi connectivity index (χ4n) is 1.50. The van der Waals surface area contributed by atoms with Gasteiger partial charge in [0.15, 0.2) is 0 Å². The number of benzene rings is 1. The highest BCUT2D eigenvalue weighted by Crippen LogP contribution is 2.28. The van der Waals surface area contributed by atoms with Gasteiger partial charge in [-0.1, -0.05) is 39.7 Å². The molecule has 0 radical (unpaired) electrons. The second kappa shape index (κ2) is 4.57. The van der Waals surface area contributed by atoms with Crippen LogP contribution in [0.1, 0.15) is 5.82 Å². The average molecular weight is 301 g/mol. The number of hydrogen-bond donors (Lipinski definition) is 1. The topological polar surface area (TPSA) is 43.8 Å². The van der Waals surface area contributed by atoms with Gasteiger partial charge in [-0.25, -0.2) is 4.98 Å². The highest BCUT2D eigenvalue weighted by Gasteiger charge is 2.13. The quantitative estimate of drug-likeness (QED) is 0.926. The van der Waals surface area contributed by atoms with Crippen LogP contribution in [0.25, 0.3) is 11.3 Å². The maximum Gasteiger partial charge on any atom is 0.136 e. The summed E-state index contributed by atoms with van der Waals surface area (Å²) in [6.07, 6.45) is 0. The molecule has 3 nitrogen and oxygen atoms in total. The fraction of sp³-hybridized carbons (Fsp3) is 0.182. The number of nitrogens with two attached hydrogens (primary N) is 1. The Labute approximate surface area is 107 Å². The molecular weight excluding hydrogens is 289 g/mol. The van der Waals surface area contributed by atoms with Crippen molar-refractivity contribution in [1.82, 2.24) is 9.55 Å². The Morgan fingerprint density at radius 1 is 1.38 bits per heavy atom. The van der Waals surface area contributed by atoms with E-state index in [4.69, 9.17) is 17.3 Å². The first-order valence-electron chi connectivity index (χ1n) is 4.80. The van der Waals surface area contributed by atoms with E-state index >= 15 is 0 Å². The van der Waals surface area contributed by atoms with Crippen molar-refractivity contribution in [2.75, 3.05) is 0 Å². The van der Waals surface area contributed by atoms with Crippen molar-refractivity contribution in [2.45, 2.75) is 6.54 Å². The van der Waals surface area contributed by atoms with E-state index < -0.39 is 0 Å². The van der Waals surface area contributed by atoms with E-state index in [1.54, 1.807) is 4.57 Å². The number of hydrogen-bond acceptors (Lipinski definition) is 2. The Kier molecular flexibility index (Phi) is 3.33. The van der Waals surface area contributed by atoms with Gasteiger partial charge < -0.3 is 10.3 Å². The maximum atomic E-state index is 6.20. The first-order chi connectivity index (χ1) is 7.63. The normalized spacial score (nSPS) is 10.8. The third-order valence-corrected chi connectivity index (χ3v) is 3.38. The first-order valence-corrected chi connectivity index (χ1v) is 5.97. The molecule has 1 heterocycles. The van der Waals surface area contributed by atoms with Gasteiger partial charge in [0.1, 0.15) is 16.7 Å². The summed E-state index contributed by atoms with van der Waals surface area (Å²) in [7, 11) is 1.86. The maximum absolute atomic E-state index is 6.20. The minimum atomic E-state index is 0.382. The Morgan fingerprint density at radius 3 is 2.50 bits per heavy atom. The molecule has 2 N–H and O–H groups in total. The van der Waals surface area contributed by atoms with Crippen molar-refractivity contribution >= 4 is 27.5 Å². The lowest BCUT2D eigenvalue weighted by Crippen LogP contribution is -2.04. The SMILES string of the molecule is Cn1c(CN)nc(-c2ccc(Br)cc2)c1Cl. The van der Waals surface area contributed by atoms with Gasteiger partial charge in [-0.3, -0.25) is 0 Å². The van der Waals surface area contributed by atoms with Crippen LogP contribution >= 0.6 is 27.5 Å². The molecule has 5 heteroatoms. The molecule has 0 bridgehead atoms. The van der Waals surface area contributed by atoms with Gasteiger partial charge in [-0.2, -0.15) is 0 Å². The monoisotopic (exact) mass is 299 g/mol. The highest BCUT2D eigenvalue weighted by molar-refractivity contribution is 9.10.